The van der Waals surface area contributed by atoms with Gasteiger partial charge in [0, 0.05) is 0 Å². The Morgan fingerprint density at radius 1 is 1.44 bits per heavy atom. The Labute approximate surface area is 101 Å². The highest BCUT2D eigenvalue weighted by molar-refractivity contribution is 7.92. The molecule has 0 bridgehead atoms. The maximum atomic E-state index is 11.6. The molecule has 0 aliphatic heterocycles. The Morgan fingerprint density at radius 2 is 2.12 bits per heavy atom. The molecule has 90 valence electrons. The highest BCUT2D eigenvalue weighted by Gasteiger charge is 2.13. The van der Waals surface area contributed by atoms with Gasteiger partial charge in [-0.05, 0) is 18.6 Å². The van der Waals surface area contributed by atoms with Crippen molar-refractivity contribution in [2.45, 2.75) is 19.8 Å². The largest absolute Gasteiger partial charge is 0.397 e. The lowest BCUT2D eigenvalue weighted by atomic mass is 10.3. The van der Waals surface area contributed by atoms with Crippen LogP contribution < -0.4 is 10.5 Å². The van der Waals surface area contributed by atoms with Gasteiger partial charge in [-0.25, -0.2) is 8.42 Å². The second kappa shape index (κ2) is 5.41. The van der Waals surface area contributed by atoms with Gasteiger partial charge in [0.05, 0.1) is 22.2 Å². The molecule has 1 rings (SSSR count). The van der Waals surface area contributed by atoms with Gasteiger partial charge in [0.15, 0.2) is 0 Å². The Hall–Kier alpha value is -0.940. The van der Waals surface area contributed by atoms with Crippen LogP contribution in [0.15, 0.2) is 18.2 Å². The summed E-state index contributed by atoms with van der Waals surface area (Å²) >= 11 is 5.86. The summed E-state index contributed by atoms with van der Waals surface area (Å²) in [5, 5.41) is 0.306. The lowest BCUT2D eigenvalue weighted by Crippen LogP contribution is -2.17. The van der Waals surface area contributed by atoms with E-state index in [4.69, 9.17) is 17.3 Å². The smallest absolute Gasteiger partial charge is 0.232 e. The van der Waals surface area contributed by atoms with E-state index >= 15 is 0 Å². The van der Waals surface area contributed by atoms with Crippen molar-refractivity contribution in [3.05, 3.63) is 23.2 Å². The highest BCUT2D eigenvalue weighted by atomic mass is 35.5. The SMILES string of the molecule is CCCCS(=O)(=O)Nc1c(N)cccc1Cl. The summed E-state index contributed by atoms with van der Waals surface area (Å²) in [6.07, 6.45) is 1.43. The van der Waals surface area contributed by atoms with Crippen molar-refractivity contribution in [3.63, 3.8) is 0 Å². The fourth-order valence-electron chi connectivity index (χ4n) is 1.19. The van der Waals surface area contributed by atoms with Crippen molar-refractivity contribution < 1.29 is 8.42 Å². The van der Waals surface area contributed by atoms with Crippen LogP contribution in [0.1, 0.15) is 19.8 Å². The summed E-state index contributed by atoms with van der Waals surface area (Å²) in [5.74, 6) is 0.0775. The summed E-state index contributed by atoms with van der Waals surface area (Å²) in [7, 11) is -3.36. The van der Waals surface area contributed by atoms with Crippen LogP contribution in [0.2, 0.25) is 5.02 Å². The first-order valence-corrected chi connectivity index (χ1v) is 7.04. The van der Waals surface area contributed by atoms with E-state index in [1.165, 1.54) is 0 Å². The van der Waals surface area contributed by atoms with E-state index < -0.39 is 10.0 Å². The minimum atomic E-state index is -3.36. The minimum absolute atomic E-state index is 0.0775. The van der Waals surface area contributed by atoms with E-state index in [-0.39, 0.29) is 11.4 Å². The molecule has 1 aromatic carbocycles. The third-order valence-corrected chi connectivity index (χ3v) is 3.73. The molecule has 3 N–H and O–H groups in total. The third-order valence-electron chi connectivity index (χ3n) is 2.07. The zero-order valence-corrected chi connectivity index (χ0v) is 10.6. The standard InChI is InChI=1S/C10H15ClN2O2S/c1-2-3-7-16(14,15)13-10-8(11)5-4-6-9(10)12/h4-6,13H,2-3,7,12H2,1H3. The van der Waals surface area contributed by atoms with Crippen LogP contribution in [0.5, 0.6) is 0 Å². The van der Waals surface area contributed by atoms with E-state index in [0.29, 0.717) is 17.1 Å². The quantitative estimate of drug-likeness (QED) is 0.801. The number of anilines is 2. The maximum absolute atomic E-state index is 11.6. The predicted octanol–water partition coefficient (Wildman–Crippen LogP) is 2.46. The first-order chi connectivity index (χ1) is 7.46. The molecule has 0 aromatic heterocycles. The minimum Gasteiger partial charge on any atom is -0.397 e. The number of sulfonamides is 1. The van der Waals surface area contributed by atoms with Crippen LogP contribution in [0.4, 0.5) is 11.4 Å². The van der Waals surface area contributed by atoms with E-state index in [1.807, 2.05) is 6.92 Å². The number of nitrogens with one attached hydrogen (secondary N) is 1. The molecule has 0 aliphatic carbocycles. The van der Waals surface area contributed by atoms with Crippen LogP contribution in [-0.4, -0.2) is 14.2 Å². The fourth-order valence-corrected chi connectivity index (χ4v) is 2.78. The molecule has 0 saturated carbocycles. The summed E-state index contributed by atoms with van der Waals surface area (Å²) < 4.78 is 25.7. The second-order valence-electron chi connectivity index (χ2n) is 3.48. The Balaban J connectivity index is 2.88. The Kier molecular flexibility index (Phi) is 4.44. The summed E-state index contributed by atoms with van der Waals surface area (Å²) in [5.41, 5.74) is 6.24. The van der Waals surface area contributed by atoms with Gasteiger partial charge in [0.1, 0.15) is 0 Å². The number of halogens is 1. The molecule has 4 nitrogen and oxygen atoms in total. The van der Waals surface area contributed by atoms with Gasteiger partial charge in [-0.15, -0.1) is 0 Å². The number of unbranched alkanes of at least 4 members (excludes halogenated alkanes) is 1. The number of hydrogen-bond donors (Lipinski definition) is 2. The molecule has 0 amide bonds. The van der Waals surface area contributed by atoms with Crippen molar-refractivity contribution in [2.24, 2.45) is 0 Å². The first kappa shape index (κ1) is 13.1. The van der Waals surface area contributed by atoms with Gasteiger partial charge < -0.3 is 5.73 Å². The van der Waals surface area contributed by atoms with Crippen molar-refractivity contribution in [1.82, 2.24) is 0 Å². The van der Waals surface area contributed by atoms with Gasteiger partial charge in [0.2, 0.25) is 10.0 Å². The van der Waals surface area contributed by atoms with Crippen molar-refractivity contribution in [2.75, 3.05) is 16.2 Å². The van der Waals surface area contributed by atoms with Crippen LogP contribution in [-0.2, 0) is 10.0 Å². The number of rotatable bonds is 5. The Bertz CT molecular complexity index is 440. The highest BCUT2D eigenvalue weighted by Crippen LogP contribution is 2.28. The zero-order valence-electron chi connectivity index (χ0n) is 9.03. The molecule has 0 radical (unpaired) electrons. The average Bonchev–Trinajstić information content (AvgIpc) is 2.21. The molecule has 0 saturated heterocycles. The monoisotopic (exact) mass is 262 g/mol. The molecular weight excluding hydrogens is 248 g/mol. The lowest BCUT2D eigenvalue weighted by molar-refractivity contribution is 0.598. The van der Waals surface area contributed by atoms with Gasteiger partial charge >= 0.3 is 0 Å². The average molecular weight is 263 g/mol. The fraction of sp³-hybridized carbons (Fsp3) is 0.400. The molecule has 0 unspecified atom stereocenters. The maximum Gasteiger partial charge on any atom is 0.232 e. The number of para-hydroxylation sites is 1. The van der Waals surface area contributed by atoms with Crippen LogP contribution in [0.25, 0.3) is 0 Å². The number of nitrogens with two attached hydrogens (primary N) is 1. The van der Waals surface area contributed by atoms with Gasteiger partial charge in [-0.1, -0.05) is 31.0 Å². The number of nitrogen functional groups attached to an aromatic ring is 1. The normalized spacial score (nSPS) is 11.4. The van der Waals surface area contributed by atoms with E-state index in [0.717, 1.165) is 6.42 Å². The Morgan fingerprint density at radius 3 is 2.69 bits per heavy atom. The second-order valence-corrected chi connectivity index (χ2v) is 5.73. The van der Waals surface area contributed by atoms with Crippen LogP contribution in [0.3, 0.4) is 0 Å². The molecule has 0 fully saturated rings. The first-order valence-electron chi connectivity index (χ1n) is 5.00. The molecule has 0 aliphatic rings. The summed E-state index contributed by atoms with van der Waals surface area (Å²) in [6, 6.07) is 4.86. The van der Waals surface area contributed by atoms with Crippen LogP contribution in [0, 0.1) is 0 Å². The van der Waals surface area contributed by atoms with Gasteiger partial charge in [0.25, 0.3) is 0 Å². The van der Waals surface area contributed by atoms with E-state index in [1.54, 1.807) is 18.2 Å². The van der Waals surface area contributed by atoms with Gasteiger partial charge in [-0.3, -0.25) is 4.72 Å². The van der Waals surface area contributed by atoms with E-state index in [9.17, 15) is 8.42 Å². The number of benzene rings is 1. The van der Waals surface area contributed by atoms with E-state index in [2.05, 4.69) is 4.72 Å². The molecule has 16 heavy (non-hydrogen) atoms. The zero-order chi connectivity index (χ0) is 12.2. The molecule has 0 heterocycles. The van der Waals surface area contributed by atoms with Crippen molar-refractivity contribution >= 4 is 33.0 Å². The third kappa shape index (κ3) is 3.57. The molecule has 0 spiro atoms. The number of hydrogen-bond acceptors (Lipinski definition) is 3. The van der Waals surface area contributed by atoms with Crippen molar-refractivity contribution in [1.29, 1.82) is 0 Å². The summed E-state index contributed by atoms with van der Waals surface area (Å²) in [4.78, 5) is 0. The van der Waals surface area contributed by atoms with Crippen molar-refractivity contribution in [3.8, 4) is 0 Å². The van der Waals surface area contributed by atoms with Crippen LogP contribution >= 0.6 is 11.6 Å². The lowest BCUT2D eigenvalue weighted by Gasteiger charge is -2.11. The van der Waals surface area contributed by atoms with Gasteiger partial charge in [-0.2, -0.15) is 0 Å². The molecule has 6 heteroatoms. The topological polar surface area (TPSA) is 72.2 Å². The summed E-state index contributed by atoms with van der Waals surface area (Å²) in [6.45, 7) is 1.93. The molecule has 0 atom stereocenters. The molecule has 1 aromatic rings. The predicted molar refractivity (Wildman–Crippen MR) is 68.2 cm³/mol. The molecular formula is C10H15ClN2O2S.